The number of carbonyl (C=O) groups is 1. The number of aliphatic carboxylic acids is 1. The lowest BCUT2D eigenvalue weighted by molar-refractivity contribution is -0.136. The van der Waals surface area contributed by atoms with E-state index in [2.05, 4.69) is 50.5 Å². The number of hydrogen-bond donors (Lipinski definition) is 13. The molecule has 26 heavy (non-hydrogen) atoms. The molecule has 0 bridgehead atoms. The van der Waals surface area contributed by atoms with Crippen LogP contribution in [-0.4, -0.2) is 112 Å². The Morgan fingerprint density at radius 3 is 1.08 bits per heavy atom. The number of carboxylic acid groups (broad SMARTS) is 1. The number of carboxylic acids is 1. The fourth-order valence-electron chi connectivity index (χ4n) is 0.654. The maximum atomic E-state index is 10.2. The maximum absolute atomic E-state index is 10.2. The summed E-state index contributed by atoms with van der Waals surface area (Å²) in [5.41, 5.74) is -1.11. The van der Waals surface area contributed by atoms with Gasteiger partial charge in [0.05, 0.1) is 49.6 Å². The van der Waals surface area contributed by atoms with Crippen LogP contribution < -0.4 is 0 Å². The van der Waals surface area contributed by atoms with E-state index in [0.717, 1.165) is 0 Å². The highest BCUT2D eigenvalue weighted by Gasteiger charge is 2.35. The van der Waals surface area contributed by atoms with Crippen molar-refractivity contribution in [3.05, 3.63) is 0 Å². The first-order valence-corrected chi connectivity index (χ1v) is 8.84. The molecule has 2 atom stereocenters. The molecule has 0 aromatic rings. The van der Waals surface area contributed by atoms with Gasteiger partial charge in [0.2, 0.25) is 0 Å². The van der Waals surface area contributed by atoms with E-state index in [9.17, 15) is 4.79 Å². The van der Waals surface area contributed by atoms with Crippen LogP contribution in [0.1, 0.15) is 0 Å². The van der Waals surface area contributed by atoms with Crippen LogP contribution in [0.3, 0.4) is 0 Å². The van der Waals surface area contributed by atoms with Crippen molar-refractivity contribution in [3.63, 3.8) is 0 Å². The van der Waals surface area contributed by atoms with Crippen LogP contribution in [0.15, 0.2) is 0 Å². The van der Waals surface area contributed by atoms with Gasteiger partial charge in [-0.05, 0) is 0 Å². The van der Waals surface area contributed by atoms with Crippen molar-refractivity contribution in [2.75, 3.05) is 39.6 Å². The van der Waals surface area contributed by atoms with Crippen molar-refractivity contribution in [1.29, 1.82) is 0 Å². The average molecular weight is 461 g/mol. The molecule has 0 aliphatic carbocycles. The average Bonchev–Trinajstić information content (AvgIpc) is 2.63. The molecule has 0 spiro atoms. The van der Waals surface area contributed by atoms with E-state index in [1.807, 2.05) is 0 Å². The van der Waals surface area contributed by atoms with Gasteiger partial charge in [0.25, 0.3) is 0 Å². The third-order valence-electron chi connectivity index (χ3n) is 2.83. The minimum atomic E-state index is -1.47. The number of aliphatic hydroxyl groups excluding tert-OH is 8. The fraction of sp³-hybridized carbons (Fsp3) is 0.917. The monoisotopic (exact) mass is 460 g/mol. The predicted molar refractivity (Wildman–Crippen MR) is 107 cm³/mol. The second-order valence-corrected chi connectivity index (χ2v) is 8.24. The van der Waals surface area contributed by atoms with Crippen LogP contribution in [0.2, 0.25) is 0 Å². The second-order valence-electron chi connectivity index (χ2n) is 5.04. The molecule has 14 heteroatoms. The van der Waals surface area contributed by atoms with Crippen LogP contribution in [0.5, 0.6) is 0 Å². The standard InChI is InChI=1S/C5H12O4.C4H10O4.C3H6O2S4/c6-1-5(2-7,3-8)4-9;5-1-3(7)4(8)2-6;4-1(5)3(8,9)2(6)7/h6-9H,1-4H2;3-8H,1-2H2;2,6-9H,(H,4,5). The Labute approximate surface area is 173 Å². The first kappa shape index (κ1) is 31.3. The van der Waals surface area contributed by atoms with Crippen molar-refractivity contribution in [1.82, 2.24) is 0 Å². The number of hydrogen-bond acceptors (Lipinski definition) is 13. The second kappa shape index (κ2) is 16.5. The van der Waals surface area contributed by atoms with Gasteiger partial charge in [0.15, 0.2) is 4.08 Å². The third kappa shape index (κ3) is 12.9. The molecule has 160 valence electrons. The molecule has 10 nitrogen and oxygen atoms in total. The molecule has 0 heterocycles. The van der Waals surface area contributed by atoms with Crippen molar-refractivity contribution in [2.45, 2.75) is 20.9 Å². The van der Waals surface area contributed by atoms with Gasteiger partial charge in [-0.25, -0.2) is 4.79 Å². The van der Waals surface area contributed by atoms with Crippen molar-refractivity contribution >= 4 is 56.5 Å². The van der Waals surface area contributed by atoms with Crippen molar-refractivity contribution in [2.24, 2.45) is 5.41 Å². The summed E-state index contributed by atoms with van der Waals surface area (Å²) in [5.74, 6) is -1.15. The van der Waals surface area contributed by atoms with E-state index in [1.54, 1.807) is 0 Å². The Hall–Kier alpha value is 0.550. The van der Waals surface area contributed by atoms with Crippen LogP contribution in [0.25, 0.3) is 0 Å². The van der Waals surface area contributed by atoms with E-state index in [-0.39, 0.29) is 0 Å². The normalized spacial score (nSPS) is 13.9. The van der Waals surface area contributed by atoms with Crippen molar-refractivity contribution in [3.8, 4) is 0 Å². The van der Waals surface area contributed by atoms with E-state index < -0.39 is 71.9 Å². The molecule has 0 radical (unpaired) electrons. The number of rotatable bonds is 9. The quantitative estimate of drug-likeness (QED) is 0.121. The van der Waals surface area contributed by atoms with Crippen LogP contribution in [-0.2, 0) is 4.79 Å². The zero-order valence-electron chi connectivity index (χ0n) is 13.7. The summed E-state index contributed by atoms with van der Waals surface area (Å²) in [4.78, 5) is 10.2. The van der Waals surface area contributed by atoms with Gasteiger partial charge < -0.3 is 46.0 Å². The lowest BCUT2D eigenvalue weighted by Crippen LogP contribution is -2.37. The summed E-state index contributed by atoms with van der Waals surface area (Å²) >= 11 is 14.9. The highest BCUT2D eigenvalue weighted by atomic mass is 32.2. The molecule has 0 amide bonds. The molecule has 0 rings (SSSR count). The zero-order valence-corrected chi connectivity index (χ0v) is 17.3. The Kier molecular flexibility index (Phi) is 19.8. The smallest absolute Gasteiger partial charge is 0.331 e. The fourth-order valence-corrected chi connectivity index (χ4v) is 0.875. The molecule has 0 saturated carbocycles. The molecule has 0 aromatic heterocycles. The molecule has 2 unspecified atom stereocenters. The molecule has 0 aliphatic rings. The first-order chi connectivity index (χ1) is 11.8. The van der Waals surface area contributed by atoms with Gasteiger partial charge in [-0.1, -0.05) is 0 Å². The van der Waals surface area contributed by atoms with E-state index in [4.69, 9.17) is 46.0 Å². The Morgan fingerprint density at radius 2 is 1.04 bits per heavy atom. The van der Waals surface area contributed by atoms with Crippen molar-refractivity contribution < 1.29 is 50.8 Å². The Bertz CT molecular complexity index is 329. The largest absolute Gasteiger partial charge is 0.480 e. The van der Waals surface area contributed by atoms with E-state index >= 15 is 0 Å². The summed E-state index contributed by atoms with van der Waals surface area (Å²) in [6, 6.07) is 0. The maximum Gasteiger partial charge on any atom is 0.331 e. The third-order valence-corrected chi connectivity index (χ3v) is 5.32. The minimum Gasteiger partial charge on any atom is -0.480 e. The van der Waals surface area contributed by atoms with Gasteiger partial charge in [-0.15, -0.1) is 25.3 Å². The Balaban J connectivity index is -0.000000306. The molecule has 0 aromatic carbocycles. The Morgan fingerprint density at radius 1 is 0.769 bits per heavy atom. The summed E-state index contributed by atoms with van der Waals surface area (Å²) in [7, 11) is 0. The molecule has 9 N–H and O–H groups in total. The first-order valence-electron chi connectivity index (χ1n) is 6.91. The summed E-state index contributed by atoms with van der Waals surface area (Å²) < 4.78 is -2.16. The van der Waals surface area contributed by atoms with Gasteiger partial charge in [0.1, 0.15) is 12.2 Å². The lowest BCUT2D eigenvalue weighted by Gasteiger charge is -2.23. The van der Waals surface area contributed by atoms with Crippen LogP contribution in [0.4, 0.5) is 0 Å². The molecule has 0 saturated heterocycles. The highest BCUT2D eigenvalue weighted by molar-refractivity contribution is 8.08. The molecule has 0 aliphatic heterocycles. The van der Waals surface area contributed by atoms with Gasteiger partial charge in [0, 0.05) is 0 Å². The lowest BCUT2D eigenvalue weighted by atomic mass is 9.93. The zero-order chi connectivity index (χ0) is 21.6. The number of aliphatic hydroxyl groups is 8. The van der Waals surface area contributed by atoms with Gasteiger partial charge in [-0.3, -0.25) is 0 Å². The SMILES string of the molecule is O=C(O)C(S)(S)C(S)S.OCC(CO)(CO)CO.OCC(O)C(O)CO. The van der Waals surface area contributed by atoms with Crippen LogP contribution in [0, 0.1) is 5.41 Å². The number of thiol groups is 4. The summed E-state index contributed by atoms with van der Waals surface area (Å²) in [6.45, 7) is -2.68. The van der Waals surface area contributed by atoms with Gasteiger partial charge in [-0.2, -0.15) is 25.3 Å². The van der Waals surface area contributed by atoms with E-state index in [0.29, 0.717) is 0 Å². The topological polar surface area (TPSA) is 199 Å². The molecular weight excluding hydrogens is 432 g/mol. The van der Waals surface area contributed by atoms with Crippen LogP contribution >= 0.6 is 50.5 Å². The summed E-state index contributed by atoms with van der Waals surface area (Å²) in [5, 5.41) is 75.5. The molecular formula is C12H28O10S4. The predicted octanol–water partition coefficient (Wildman–Crippen LogP) is -3.55. The van der Waals surface area contributed by atoms with E-state index in [1.165, 1.54) is 0 Å². The summed E-state index contributed by atoms with van der Waals surface area (Å²) in [6.07, 6.45) is -2.44. The molecule has 0 fully saturated rings. The highest BCUT2D eigenvalue weighted by Crippen LogP contribution is 2.30. The van der Waals surface area contributed by atoms with Gasteiger partial charge >= 0.3 is 5.97 Å². The minimum absolute atomic E-state index is 0.406.